The van der Waals surface area contributed by atoms with Gasteiger partial charge in [-0.15, -0.1) is 0 Å². The SMILES string of the molecule is CC(C)(C)OC(=O)N(C(=O)OC(C)(C)C)C(C)(C[C@H]1O[C@H]([C@H]2COC(C)(C)O2)[C@@H]2OC(C)(C)O[C@@H]21)C(=O)n1cc(CC(N)C(=O)O)c2ccccc21. The third kappa shape index (κ3) is 8.29. The largest absolute Gasteiger partial charge is 0.480 e. The van der Waals surface area contributed by atoms with Crippen LogP contribution in [0.25, 0.3) is 10.9 Å². The molecule has 2 amide bonds. The van der Waals surface area contributed by atoms with E-state index in [0.29, 0.717) is 21.4 Å². The van der Waals surface area contributed by atoms with Crippen molar-refractivity contribution in [1.82, 2.24) is 9.47 Å². The van der Waals surface area contributed by atoms with Gasteiger partial charge in [0.15, 0.2) is 11.6 Å². The normalized spacial score (nSPS) is 27.1. The molecule has 1 aromatic heterocycles. The minimum Gasteiger partial charge on any atom is -0.480 e. The van der Waals surface area contributed by atoms with Gasteiger partial charge in [0.05, 0.1) is 18.2 Å². The van der Waals surface area contributed by atoms with E-state index in [1.807, 2.05) is 0 Å². The van der Waals surface area contributed by atoms with Crippen molar-refractivity contribution in [2.75, 3.05) is 6.61 Å². The fourth-order valence-electron chi connectivity index (χ4n) is 6.98. The average molecular weight is 732 g/mol. The number of carboxylic acids is 1. The fourth-order valence-corrected chi connectivity index (χ4v) is 6.98. The van der Waals surface area contributed by atoms with E-state index in [2.05, 4.69) is 0 Å². The van der Waals surface area contributed by atoms with Crippen molar-refractivity contribution in [3.63, 3.8) is 0 Å². The highest BCUT2D eigenvalue weighted by Crippen LogP contribution is 2.45. The second-order valence-electron chi connectivity index (χ2n) is 16.8. The molecular formula is C37H53N3O12. The Labute approximate surface area is 303 Å². The highest BCUT2D eigenvalue weighted by molar-refractivity contribution is 6.03. The molecule has 2 unspecified atom stereocenters. The third-order valence-corrected chi connectivity index (χ3v) is 9.06. The Morgan fingerprint density at radius 2 is 1.48 bits per heavy atom. The Balaban J connectivity index is 1.66. The monoisotopic (exact) mass is 731 g/mol. The molecule has 52 heavy (non-hydrogen) atoms. The summed E-state index contributed by atoms with van der Waals surface area (Å²) in [4.78, 5) is 56.2. The van der Waals surface area contributed by atoms with Gasteiger partial charge in [-0.25, -0.2) is 9.59 Å². The Hall–Kier alpha value is -3.60. The molecule has 0 saturated carbocycles. The molecule has 2 aromatic rings. The van der Waals surface area contributed by atoms with Gasteiger partial charge in [-0.1, -0.05) is 18.2 Å². The maximum atomic E-state index is 15.3. The first-order chi connectivity index (χ1) is 23.8. The number of para-hydroxylation sites is 1. The van der Waals surface area contributed by atoms with E-state index in [0.717, 1.165) is 0 Å². The van der Waals surface area contributed by atoms with E-state index >= 15 is 4.79 Å². The van der Waals surface area contributed by atoms with Gasteiger partial charge in [0.1, 0.15) is 47.2 Å². The lowest BCUT2D eigenvalue weighted by atomic mass is 9.88. The lowest BCUT2D eigenvalue weighted by Gasteiger charge is -2.41. The Morgan fingerprint density at radius 3 is 2.02 bits per heavy atom. The number of aromatic nitrogens is 1. The molecule has 3 fully saturated rings. The minimum atomic E-state index is -2.06. The fraction of sp³-hybridized carbons (Fsp3) is 0.676. The topological polar surface area (TPSA) is 187 Å². The molecule has 3 aliphatic rings. The molecule has 0 radical (unpaired) electrons. The molecule has 0 spiro atoms. The van der Waals surface area contributed by atoms with E-state index in [1.54, 1.807) is 93.5 Å². The summed E-state index contributed by atoms with van der Waals surface area (Å²) in [5.74, 6) is -3.84. The lowest BCUT2D eigenvalue weighted by Crippen LogP contribution is -2.62. The molecule has 15 heteroatoms. The van der Waals surface area contributed by atoms with Crippen molar-refractivity contribution >= 4 is 35.0 Å². The number of rotatable bonds is 8. The molecule has 5 rings (SSSR count). The summed E-state index contributed by atoms with van der Waals surface area (Å²) in [5.41, 5.74) is 2.62. The van der Waals surface area contributed by atoms with Gasteiger partial charge < -0.3 is 44.0 Å². The van der Waals surface area contributed by atoms with Crippen molar-refractivity contribution in [2.24, 2.45) is 5.73 Å². The van der Waals surface area contributed by atoms with Crippen molar-refractivity contribution in [3.05, 3.63) is 36.0 Å². The van der Waals surface area contributed by atoms with Crippen molar-refractivity contribution < 1.29 is 57.4 Å². The number of carbonyl (C=O) groups is 4. The van der Waals surface area contributed by atoms with Gasteiger partial charge in [0.2, 0.25) is 0 Å². The summed E-state index contributed by atoms with van der Waals surface area (Å²) in [5, 5.41) is 10.2. The summed E-state index contributed by atoms with van der Waals surface area (Å²) in [7, 11) is 0. The van der Waals surface area contributed by atoms with Crippen LogP contribution in [0.1, 0.15) is 92.9 Å². The zero-order chi connectivity index (χ0) is 38.8. The van der Waals surface area contributed by atoms with Crippen LogP contribution >= 0.6 is 0 Å². The Morgan fingerprint density at radius 1 is 0.904 bits per heavy atom. The second kappa shape index (κ2) is 13.7. The molecule has 3 aliphatic heterocycles. The molecule has 7 atom stereocenters. The molecule has 4 heterocycles. The number of amides is 2. The van der Waals surface area contributed by atoms with E-state index in [-0.39, 0.29) is 19.4 Å². The van der Waals surface area contributed by atoms with Gasteiger partial charge in [-0.05, 0) is 87.8 Å². The van der Waals surface area contributed by atoms with Crippen molar-refractivity contribution in [2.45, 2.75) is 154 Å². The highest BCUT2D eigenvalue weighted by Gasteiger charge is 2.62. The summed E-state index contributed by atoms with van der Waals surface area (Å²) in [6.45, 7) is 18.6. The summed E-state index contributed by atoms with van der Waals surface area (Å²) < 4.78 is 44.2. The zero-order valence-corrected chi connectivity index (χ0v) is 31.9. The molecule has 15 nitrogen and oxygen atoms in total. The highest BCUT2D eigenvalue weighted by atomic mass is 16.8. The first-order valence-corrected chi connectivity index (χ1v) is 17.5. The zero-order valence-electron chi connectivity index (χ0n) is 31.9. The van der Waals surface area contributed by atoms with Crippen LogP contribution in [0, 0.1) is 0 Å². The van der Waals surface area contributed by atoms with Crippen LogP contribution in [0.15, 0.2) is 30.5 Å². The van der Waals surface area contributed by atoms with Crippen LogP contribution in [0.3, 0.4) is 0 Å². The van der Waals surface area contributed by atoms with Crippen LogP contribution in [-0.2, 0) is 44.4 Å². The van der Waals surface area contributed by atoms with Gasteiger partial charge in [-0.2, -0.15) is 4.90 Å². The predicted octanol–water partition coefficient (Wildman–Crippen LogP) is 5.00. The van der Waals surface area contributed by atoms with Crippen LogP contribution in [0.2, 0.25) is 0 Å². The van der Waals surface area contributed by atoms with E-state index < -0.39 is 88.9 Å². The molecule has 0 aliphatic carbocycles. The van der Waals surface area contributed by atoms with Gasteiger partial charge >= 0.3 is 18.2 Å². The summed E-state index contributed by atoms with van der Waals surface area (Å²) in [6.07, 6.45) is -4.67. The third-order valence-electron chi connectivity index (χ3n) is 9.06. The molecule has 288 valence electrons. The number of benzene rings is 1. The first-order valence-electron chi connectivity index (χ1n) is 17.5. The van der Waals surface area contributed by atoms with E-state index in [1.165, 1.54) is 17.7 Å². The van der Waals surface area contributed by atoms with Gasteiger partial charge in [0, 0.05) is 24.4 Å². The number of hydrogen-bond acceptors (Lipinski definition) is 12. The maximum Gasteiger partial charge on any atom is 0.420 e. The Bertz CT molecular complexity index is 1680. The van der Waals surface area contributed by atoms with Gasteiger partial charge in [-0.3, -0.25) is 14.2 Å². The molecule has 0 bridgehead atoms. The molecule has 3 N–H and O–H groups in total. The molecule has 1 aromatic carbocycles. The van der Waals surface area contributed by atoms with Crippen LogP contribution in [-0.4, -0.2) is 110 Å². The molecular weight excluding hydrogens is 678 g/mol. The predicted molar refractivity (Wildman–Crippen MR) is 187 cm³/mol. The average Bonchev–Trinajstić information content (AvgIpc) is 3.71. The number of aliphatic carboxylic acids is 1. The Kier molecular flexibility index (Phi) is 10.4. The smallest absolute Gasteiger partial charge is 0.420 e. The maximum absolute atomic E-state index is 15.3. The quantitative estimate of drug-likeness (QED) is 0.370. The van der Waals surface area contributed by atoms with Crippen molar-refractivity contribution in [3.8, 4) is 0 Å². The summed E-state index contributed by atoms with van der Waals surface area (Å²) in [6, 6.07) is 5.64. The molecule has 3 saturated heterocycles. The van der Waals surface area contributed by atoms with Crippen LogP contribution in [0.5, 0.6) is 0 Å². The number of carbonyl (C=O) groups excluding carboxylic acids is 3. The number of fused-ring (bicyclic) bond motifs is 2. The number of nitrogens with two attached hydrogens (primary N) is 1. The standard InChI is InChI=1S/C37H53N3O12/c1-33(2,3)51-31(44)40(32(45)52-34(4,5)6)37(11,30(43)39-18-20(16-22(38)29(41)42)21-14-12-13-15-23(21)39)17-24-27-28(50-36(9,10)49-27)26(47-24)25-19-46-35(7,8)48-25/h12-15,18,22,24-28H,16-17,19,38H2,1-11H3,(H,41,42)/t22?,24-,25-,26-,27-,28+,37?/m1/s1. The van der Waals surface area contributed by atoms with E-state index in [9.17, 15) is 19.5 Å². The van der Waals surface area contributed by atoms with E-state index in [4.69, 9.17) is 38.9 Å². The first kappa shape index (κ1) is 39.6. The number of nitrogens with zero attached hydrogens (tertiary/aromatic N) is 2. The van der Waals surface area contributed by atoms with Gasteiger partial charge in [0.25, 0.3) is 5.91 Å². The number of hydrogen-bond donors (Lipinski definition) is 2. The minimum absolute atomic E-state index is 0.0913. The number of imide groups is 1. The number of carboxylic acid groups (broad SMARTS) is 1. The lowest BCUT2D eigenvalue weighted by molar-refractivity contribution is -0.208. The second-order valence-corrected chi connectivity index (χ2v) is 16.8. The number of ether oxygens (including phenoxy) is 7. The van der Waals surface area contributed by atoms with Crippen LogP contribution in [0.4, 0.5) is 9.59 Å². The van der Waals surface area contributed by atoms with Crippen LogP contribution < -0.4 is 5.73 Å². The summed E-state index contributed by atoms with van der Waals surface area (Å²) >= 11 is 0. The van der Waals surface area contributed by atoms with Crippen molar-refractivity contribution in [1.29, 1.82) is 0 Å².